The Labute approximate surface area is 106 Å². The van der Waals surface area contributed by atoms with Crippen LogP contribution in [-0.4, -0.2) is 21.0 Å². The van der Waals surface area contributed by atoms with Gasteiger partial charge in [0.15, 0.2) is 0 Å². The number of nitrogens with zero attached hydrogens (tertiary/aromatic N) is 2. The van der Waals surface area contributed by atoms with Crippen molar-refractivity contribution in [2.75, 3.05) is 10.7 Å². The Morgan fingerprint density at radius 3 is 2.79 bits per heavy atom. The van der Waals surface area contributed by atoms with Gasteiger partial charge in [-0.1, -0.05) is 0 Å². The molecule has 0 saturated heterocycles. The molecule has 0 unspecified atom stereocenters. The molecular weight excluding hydrogens is 252 g/mol. The minimum Gasteiger partial charge on any atom is -0.324 e. The van der Waals surface area contributed by atoms with Gasteiger partial charge in [-0.25, -0.2) is 0 Å². The highest BCUT2D eigenvalue weighted by molar-refractivity contribution is 6.07. The second-order valence-electron chi connectivity index (χ2n) is 3.57. The maximum atomic E-state index is 12.0. The predicted octanol–water partition coefficient (Wildman–Crippen LogP) is 0.856. The molecule has 19 heavy (non-hydrogen) atoms. The van der Waals surface area contributed by atoms with Gasteiger partial charge in [-0.15, -0.1) is 0 Å². The number of nitrogen functional groups attached to an aromatic ring is 1. The van der Waals surface area contributed by atoms with Gasteiger partial charge < -0.3 is 10.7 Å². The summed E-state index contributed by atoms with van der Waals surface area (Å²) in [5, 5.41) is 19.5. The molecule has 1 amide bonds. The number of H-pyrrole nitrogens is 1. The third kappa shape index (κ3) is 2.66. The van der Waals surface area contributed by atoms with E-state index in [4.69, 9.17) is 5.84 Å². The molecule has 2 aromatic rings. The highest BCUT2D eigenvalue weighted by atomic mass is 16.6. The number of hydrogen-bond acceptors (Lipinski definition) is 6. The van der Waals surface area contributed by atoms with Gasteiger partial charge in [0, 0.05) is 18.0 Å². The van der Waals surface area contributed by atoms with Crippen LogP contribution in [0.15, 0.2) is 30.6 Å². The van der Waals surface area contributed by atoms with Crippen LogP contribution >= 0.6 is 0 Å². The van der Waals surface area contributed by atoms with Crippen LogP contribution in [0.1, 0.15) is 10.4 Å². The molecule has 0 saturated carbocycles. The minimum atomic E-state index is -0.634. The molecule has 0 radical (unpaired) electrons. The molecule has 0 spiro atoms. The Kier molecular flexibility index (Phi) is 3.39. The molecule has 1 aromatic heterocycles. The van der Waals surface area contributed by atoms with Crippen molar-refractivity contribution in [2.24, 2.45) is 5.84 Å². The number of aromatic nitrogens is 2. The maximum Gasteiger partial charge on any atom is 0.282 e. The topological polar surface area (TPSA) is 139 Å². The van der Waals surface area contributed by atoms with E-state index in [9.17, 15) is 14.9 Å². The molecule has 2 rings (SSSR count). The van der Waals surface area contributed by atoms with Crippen molar-refractivity contribution in [3.8, 4) is 0 Å². The molecule has 98 valence electrons. The van der Waals surface area contributed by atoms with E-state index < -0.39 is 10.8 Å². The van der Waals surface area contributed by atoms with Gasteiger partial charge in [-0.2, -0.15) is 5.10 Å². The summed E-state index contributed by atoms with van der Waals surface area (Å²) in [4.78, 5) is 22.2. The van der Waals surface area contributed by atoms with Gasteiger partial charge >= 0.3 is 0 Å². The Balaban J connectivity index is 2.35. The van der Waals surface area contributed by atoms with Crippen LogP contribution in [0, 0.1) is 10.1 Å². The van der Waals surface area contributed by atoms with Crippen molar-refractivity contribution < 1.29 is 9.72 Å². The molecular formula is C10H10N6O3. The van der Waals surface area contributed by atoms with Crippen molar-refractivity contribution in [3.63, 3.8) is 0 Å². The molecule has 5 N–H and O–H groups in total. The fraction of sp³-hybridized carbons (Fsp3) is 0. The average molecular weight is 262 g/mol. The fourth-order valence-corrected chi connectivity index (χ4v) is 1.48. The lowest BCUT2D eigenvalue weighted by molar-refractivity contribution is -0.385. The van der Waals surface area contributed by atoms with Crippen molar-refractivity contribution >= 4 is 23.0 Å². The summed E-state index contributed by atoms with van der Waals surface area (Å²) < 4.78 is 0. The average Bonchev–Trinajstić information content (AvgIpc) is 2.90. The van der Waals surface area contributed by atoms with Gasteiger partial charge in [0.25, 0.3) is 11.6 Å². The lowest BCUT2D eigenvalue weighted by Crippen LogP contribution is -2.15. The number of nitro benzene ring substituents is 1. The summed E-state index contributed by atoms with van der Waals surface area (Å²) in [6.07, 6.45) is 2.84. The quantitative estimate of drug-likeness (QED) is 0.366. The van der Waals surface area contributed by atoms with Gasteiger partial charge in [0.05, 0.1) is 16.8 Å². The van der Waals surface area contributed by atoms with Gasteiger partial charge in [0.1, 0.15) is 5.56 Å². The van der Waals surface area contributed by atoms with Crippen LogP contribution < -0.4 is 16.6 Å². The lowest BCUT2D eigenvalue weighted by Gasteiger charge is -2.06. The Bertz CT molecular complexity index is 610. The molecule has 1 heterocycles. The molecule has 0 aliphatic heterocycles. The lowest BCUT2D eigenvalue weighted by atomic mass is 10.1. The molecule has 0 fully saturated rings. The highest BCUT2D eigenvalue weighted by Gasteiger charge is 2.20. The van der Waals surface area contributed by atoms with Gasteiger partial charge in [-0.3, -0.25) is 25.9 Å². The summed E-state index contributed by atoms with van der Waals surface area (Å²) >= 11 is 0. The number of nitro groups is 1. The number of hydrogen-bond donors (Lipinski definition) is 4. The minimum absolute atomic E-state index is 0.0957. The summed E-state index contributed by atoms with van der Waals surface area (Å²) in [5.41, 5.74) is 2.72. The first kappa shape index (κ1) is 12.5. The van der Waals surface area contributed by atoms with Crippen LogP contribution in [-0.2, 0) is 0 Å². The smallest absolute Gasteiger partial charge is 0.282 e. The first-order chi connectivity index (χ1) is 9.11. The van der Waals surface area contributed by atoms with Crippen molar-refractivity contribution in [1.82, 2.24) is 10.2 Å². The van der Waals surface area contributed by atoms with E-state index in [1.54, 1.807) is 0 Å². The summed E-state index contributed by atoms with van der Waals surface area (Å²) in [5.74, 6) is 4.59. The summed E-state index contributed by atoms with van der Waals surface area (Å²) in [6, 6.07) is 3.92. The van der Waals surface area contributed by atoms with E-state index in [0.717, 1.165) is 0 Å². The number of hydrazine groups is 1. The largest absolute Gasteiger partial charge is 0.324 e. The van der Waals surface area contributed by atoms with E-state index in [1.165, 1.54) is 30.6 Å². The molecule has 0 bridgehead atoms. The monoisotopic (exact) mass is 262 g/mol. The number of rotatable bonds is 4. The molecule has 0 aliphatic rings. The number of anilines is 2. The normalized spacial score (nSPS) is 9.95. The van der Waals surface area contributed by atoms with E-state index in [0.29, 0.717) is 11.4 Å². The number of benzene rings is 1. The second kappa shape index (κ2) is 5.14. The van der Waals surface area contributed by atoms with Crippen LogP contribution in [0.4, 0.5) is 17.1 Å². The first-order valence-electron chi connectivity index (χ1n) is 5.17. The molecule has 0 aliphatic carbocycles. The molecule has 9 nitrogen and oxygen atoms in total. The van der Waals surface area contributed by atoms with Gasteiger partial charge in [0.2, 0.25) is 0 Å². The second-order valence-corrected chi connectivity index (χ2v) is 3.57. The number of carbonyl (C=O) groups is 1. The van der Waals surface area contributed by atoms with Crippen LogP contribution in [0.25, 0.3) is 0 Å². The summed E-state index contributed by atoms with van der Waals surface area (Å²) in [6.45, 7) is 0. The van der Waals surface area contributed by atoms with E-state index >= 15 is 0 Å². The maximum absolute atomic E-state index is 12.0. The van der Waals surface area contributed by atoms with Crippen molar-refractivity contribution in [1.29, 1.82) is 0 Å². The number of nitrogens with one attached hydrogen (secondary N) is 3. The number of carbonyl (C=O) groups excluding carboxylic acids is 1. The predicted molar refractivity (Wildman–Crippen MR) is 67.4 cm³/mol. The van der Waals surface area contributed by atoms with E-state index in [1.807, 2.05) is 0 Å². The number of nitrogens with two attached hydrogens (primary N) is 1. The molecule has 1 aromatic carbocycles. The van der Waals surface area contributed by atoms with Crippen LogP contribution in [0.5, 0.6) is 0 Å². The zero-order valence-corrected chi connectivity index (χ0v) is 9.58. The zero-order valence-electron chi connectivity index (χ0n) is 9.58. The van der Waals surface area contributed by atoms with Gasteiger partial charge in [-0.05, 0) is 12.1 Å². The third-order valence-electron chi connectivity index (χ3n) is 2.36. The Morgan fingerprint density at radius 2 is 2.21 bits per heavy atom. The van der Waals surface area contributed by atoms with Crippen LogP contribution in [0.3, 0.4) is 0 Å². The zero-order chi connectivity index (χ0) is 13.8. The molecule has 9 heteroatoms. The SMILES string of the molecule is NNc1ccc([N+](=O)[O-])c(C(=O)Nc2cn[nH]c2)c1. The van der Waals surface area contributed by atoms with E-state index in [2.05, 4.69) is 20.9 Å². The Hall–Kier alpha value is -2.94. The first-order valence-corrected chi connectivity index (χ1v) is 5.17. The third-order valence-corrected chi connectivity index (χ3v) is 2.36. The highest BCUT2D eigenvalue weighted by Crippen LogP contribution is 2.23. The fourth-order valence-electron chi connectivity index (χ4n) is 1.48. The summed E-state index contributed by atoms with van der Waals surface area (Å²) in [7, 11) is 0. The van der Waals surface area contributed by atoms with Crippen LogP contribution in [0.2, 0.25) is 0 Å². The molecule has 0 atom stereocenters. The van der Waals surface area contributed by atoms with Crippen molar-refractivity contribution in [3.05, 3.63) is 46.3 Å². The Morgan fingerprint density at radius 1 is 1.42 bits per heavy atom. The standard InChI is InChI=1S/C10H10N6O3/c11-15-6-1-2-9(16(18)19)8(3-6)10(17)14-7-4-12-13-5-7/h1-5,15H,11H2,(H,12,13)(H,14,17). The number of amides is 1. The van der Waals surface area contributed by atoms with Crippen molar-refractivity contribution in [2.45, 2.75) is 0 Å². The number of aromatic amines is 1. The van der Waals surface area contributed by atoms with E-state index in [-0.39, 0.29) is 11.3 Å².